The van der Waals surface area contributed by atoms with Gasteiger partial charge in [-0.15, -0.1) is 0 Å². The van der Waals surface area contributed by atoms with Crippen LogP contribution >= 0.6 is 0 Å². The molecule has 1 atom stereocenters. The van der Waals surface area contributed by atoms with Gasteiger partial charge in [0.05, 0.1) is 12.3 Å². The normalized spacial score (nSPS) is 12.1. The number of rotatable bonds is 9. The summed E-state index contributed by atoms with van der Waals surface area (Å²) in [5.41, 5.74) is 1.06. The minimum Gasteiger partial charge on any atom is -0.466 e. The first-order valence-corrected chi connectivity index (χ1v) is 7.04. The molecule has 0 aliphatic rings. The zero-order chi connectivity index (χ0) is 13.9. The molecular weight excluding hydrogens is 240 g/mol. The second-order valence-corrected chi connectivity index (χ2v) is 4.55. The molecule has 1 heterocycles. The van der Waals surface area contributed by atoms with E-state index in [1.807, 2.05) is 31.3 Å². The number of carbonyl (C=O) groups excluding carboxylic acids is 1. The van der Waals surface area contributed by atoms with E-state index in [-0.39, 0.29) is 12.0 Å². The van der Waals surface area contributed by atoms with Crippen LogP contribution < -0.4 is 5.32 Å². The van der Waals surface area contributed by atoms with E-state index in [1.54, 1.807) is 0 Å². The summed E-state index contributed by atoms with van der Waals surface area (Å²) < 4.78 is 4.88. The Morgan fingerprint density at radius 1 is 1.37 bits per heavy atom. The highest BCUT2D eigenvalue weighted by Crippen LogP contribution is 2.08. The van der Waals surface area contributed by atoms with Crippen molar-refractivity contribution < 1.29 is 9.53 Å². The predicted octanol–water partition coefficient (Wildman–Crippen LogP) is 2.86. The molecule has 0 aliphatic carbocycles. The third-order valence-electron chi connectivity index (χ3n) is 2.94. The largest absolute Gasteiger partial charge is 0.466 e. The molecule has 0 saturated carbocycles. The molecule has 0 amide bonds. The molecule has 1 N–H and O–H groups in total. The second-order valence-electron chi connectivity index (χ2n) is 4.55. The van der Waals surface area contributed by atoms with Crippen molar-refractivity contribution in [3.8, 4) is 0 Å². The minimum absolute atomic E-state index is 0.0858. The van der Waals surface area contributed by atoms with Gasteiger partial charge in [0.2, 0.25) is 0 Å². The number of nitrogens with zero attached hydrogens (tertiary/aromatic N) is 1. The Balaban J connectivity index is 2.03. The van der Waals surface area contributed by atoms with Crippen molar-refractivity contribution in [3.63, 3.8) is 0 Å². The van der Waals surface area contributed by atoms with Crippen LogP contribution in [0.1, 0.15) is 51.3 Å². The van der Waals surface area contributed by atoms with E-state index in [4.69, 9.17) is 4.74 Å². The Morgan fingerprint density at radius 2 is 2.21 bits per heavy atom. The molecule has 0 radical (unpaired) electrons. The molecule has 1 rings (SSSR count). The van der Waals surface area contributed by atoms with Gasteiger partial charge in [-0.05, 0) is 45.4 Å². The highest BCUT2D eigenvalue weighted by atomic mass is 16.5. The molecule has 19 heavy (non-hydrogen) atoms. The summed E-state index contributed by atoms with van der Waals surface area (Å²) in [7, 11) is 0. The second kappa shape index (κ2) is 9.50. The Hall–Kier alpha value is -1.42. The SMILES string of the molecule is CCOC(=O)CCCCCN[C@@H](C)c1ccccn1. The number of hydrogen-bond acceptors (Lipinski definition) is 4. The van der Waals surface area contributed by atoms with Crippen LogP contribution in [0.5, 0.6) is 0 Å². The molecule has 1 aromatic heterocycles. The van der Waals surface area contributed by atoms with Crippen LogP contribution in [0, 0.1) is 0 Å². The predicted molar refractivity (Wildman–Crippen MR) is 75.8 cm³/mol. The monoisotopic (exact) mass is 264 g/mol. The lowest BCUT2D eigenvalue weighted by Gasteiger charge is -2.12. The number of carbonyl (C=O) groups is 1. The fraction of sp³-hybridized carbons (Fsp3) is 0.600. The van der Waals surface area contributed by atoms with Gasteiger partial charge in [0, 0.05) is 18.7 Å². The molecule has 0 spiro atoms. The fourth-order valence-corrected chi connectivity index (χ4v) is 1.86. The summed E-state index contributed by atoms with van der Waals surface area (Å²) in [6.07, 6.45) is 5.35. The highest BCUT2D eigenvalue weighted by Gasteiger charge is 2.05. The average molecular weight is 264 g/mol. The summed E-state index contributed by atoms with van der Waals surface area (Å²) in [6, 6.07) is 6.22. The maximum absolute atomic E-state index is 11.1. The summed E-state index contributed by atoms with van der Waals surface area (Å²) in [6.45, 7) is 5.37. The van der Waals surface area contributed by atoms with Gasteiger partial charge in [0.25, 0.3) is 0 Å². The quantitative estimate of drug-likeness (QED) is 0.550. The first-order chi connectivity index (χ1) is 9.24. The third kappa shape index (κ3) is 6.91. The van der Waals surface area contributed by atoms with Crippen molar-refractivity contribution in [3.05, 3.63) is 30.1 Å². The van der Waals surface area contributed by atoms with Crippen molar-refractivity contribution in [2.24, 2.45) is 0 Å². The van der Waals surface area contributed by atoms with Crippen LogP contribution in [0.15, 0.2) is 24.4 Å². The van der Waals surface area contributed by atoms with Gasteiger partial charge < -0.3 is 10.1 Å². The van der Waals surface area contributed by atoms with E-state index in [0.717, 1.165) is 31.5 Å². The van der Waals surface area contributed by atoms with E-state index < -0.39 is 0 Å². The molecule has 0 saturated heterocycles. The maximum atomic E-state index is 11.1. The molecule has 4 heteroatoms. The van der Waals surface area contributed by atoms with E-state index in [0.29, 0.717) is 13.0 Å². The Bertz CT molecular complexity index is 354. The first-order valence-electron chi connectivity index (χ1n) is 7.04. The Labute approximate surface area is 115 Å². The van der Waals surface area contributed by atoms with E-state index in [2.05, 4.69) is 17.2 Å². The number of aromatic nitrogens is 1. The summed E-state index contributed by atoms with van der Waals surface area (Å²) >= 11 is 0. The standard InChI is InChI=1S/C15H24N2O2/c1-3-19-15(18)10-5-4-7-11-16-13(2)14-9-6-8-12-17-14/h6,8-9,12-13,16H,3-5,7,10-11H2,1-2H3/t13-/m0/s1. The van der Waals surface area contributed by atoms with Gasteiger partial charge in [-0.1, -0.05) is 12.5 Å². The van der Waals surface area contributed by atoms with Gasteiger partial charge in [0.1, 0.15) is 0 Å². The molecule has 1 aromatic rings. The number of ether oxygens (including phenoxy) is 1. The number of nitrogens with one attached hydrogen (secondary N) is 1. The van der Waals surface area contributed by atoms with Crippen LogP contribution in [0.4, 0.5) is 0 Å². The molecule has 0 fully saturated rings. The first kappa shape index (κ1) is 15.6. The molecule has 0 aliphatic heterocycles. The van der Waals surface area contributed by atoms with Gasteiger partial charge in [0.15, 0.2) is 0 Å². The van der Waals surface area contributed by atoms with Gasteiger partial charge in [-0.25, -0.2) is 0 Å². The van der Waals surface area contributed by atoms with Crippen molar-refractivity contribution in [2.75, 3.05) is 13.2 Å². The number of unbranched alkanes of at least 4 members (excludes halogenated alkanes) is 2. The zero-order valence-electron chi connectivity index (χ0n) is 11.9. The van der Waals surface area contributed by atoms with Crippen LogP contribution in [0.25, 0.3) is 0 Å². The lowest BCUT2D eigenvalue weighted by Crippen LogP contribution is -2.20. The minimum atomic E-state index is -0.0858. The molecule has 4 nitrogen and oxygen atoms in total. The van der Waals surface area contributed by atoms with E-state index in [9.17, 15) is 4.79 Å². The number of hydrogen-bond donors (Lipinski definition) is 1. The summed E-state index contributed by atoms with van der Waals surface area (Å²) in [4.78, 5) is 15.4. The van der Waals surface area contributed by atoms with Gasteiger partial charge in [-0.3, -0.25) is 9.78 Å². The van der Waals surface area contributed by atoms with Crippen LogP contribution in [-0.4, -0.2) is 24.1 Å². The molecular formula is C15H24N2O2. The topological polar surface area (TPSA) is 51.2 Å². The van der Waals surface area contributed by atoms with Gasteiger partial charge in [-0.2, -0.15) is 0 Å². The maximum Gasteiger partial charge on any atom is 0.305 e. The van der Waals surface area contributed by atoms with Crippen LogP contribution in [-0.2, 0) is 9.53 Å². The van der Waals surface area contributed by atoms with Crippen molar-refractivity contribution in [1.29, 1.82) is 0 Å². The lowest BCUT2D eigenvalue weighted by atomic mass is 10.1. The van der Waals surface area contributed by atoms with Crippen molar-refractivity contribution >= 4 is 5.97 Å². The fourth-order valence-electron chi connectivity index (χ4n) is 1.86. The van der Waals surface area contributed by atoms with Crippen LogP contribution in [0.2, 0.25) is 0 Å². The van der Waals surface area contributed by atoms with E-state index in [1.165, 1.54) is 0 Å². The Kier molecular flexibility index (Phi) is 7.82. The number of esters is 1. The average Bonchev–Trinajstić information content (AvgIpc) is 2.43. The third-order valence-corrected chi connectivity index (χ3v) is 2.94. The van der Waals surface area contributed by atoms with Crippen molar-refractivity contribution in [1.82, 2.24) is 10.3 Å². The van der Waals surface area contributed by atoms with Gasteiger partial charge >= 0.3 is 5.97 Å². The summed E-state index contributed by atoms with van der Waals surface area (Å²) in [5, 5.41) is 3.43. The van der Waals surface area contributed by atoms with Crippen LogP contribution in [0.3, 0.4) is 0 Å². The van der Waals surface area contributed by atoms with E-state index >= 15 is 0 Å². The highest BCUT2D eigenvalue weighted by molar-refractivity contribution is 5.69. The molecule has 106 valence electrons. The van der Waals surface area contributed by atoms with Crippen molar-refractivity contribution in [2.45, 2.75) is 45.6 Å². The zero-order valence-corrected chi connectivity index (χ0v) is 11.9. The Morgan fingerprint density at radius 3 is 2.89 bits per heavy atom. The molecule has 0 aromatic carbocycles. The summed E-state index contributed by atoms with van der Waals surface area (Å²) in [5.74, 6) is -0.0858. The molecule has 0 unspecified atom stereocenters. The molecule has 0 bridgehead atoms. The number of pyridine rings is 1. The smallest absolute Gasteiger partial charge is 0.305 e. The lowest BCUT2D eigenvalue weighted by molar-refractivity contribution is -0.143.